The van der Waals surface area contributed by atoms with E-state index in [0.29, 0.717) is 17.7 Å². The fourth-order valence-corrected chi connectivity index (χ4v) is 8.58. The van der Waals surface area contributed by atoms with Crippen LogP contribution in [0.5, 0.6) is 0 Å². The molecule has 3 N–H and O–H groups in total. The van der Waals surface area contributed by atoms with Crippen molar-refractivity contribution in [2.24, 2.45) is 0 Å². The van der Waals surface area contributed by atoms with E-state index >= 15 is 0 Å². The Balaban J connectivity index is 0.000000152. The third kappa shape index (κ3) is 9.38. The normalized spacial score (nSPS) is 24.8. The van der Waals surface area contributed by atoms with Crippen LogP contribution in [-0.2, 0) is 9.47 Å². The van der Waals surface area contributed by atoms with E-state index in [0.717, 1.165) is 81.9 Å². The summed E-state index contributed by atoms with van der Waals surface area (Å²) in [6.07, 6.45) is 11.6. The number of rotatable bonds is 4. The van der Waals surface area contributed by atoms with Gasteiger partial charge in [0.25, 0.3) is 0 Å². The maximum atomic E-state index is 13.2. The molecule has 6 aliphatic heterocycles. The fraction of sp³-hybridized carbons (Fsp3) is 0.512. The number of hydrogen-bond donors (Lipinski definition) is 3. The van der Waals surface area contributed by atoms with Gasteiger partial charge in [-0.05, 0) is 64.8 Å². The van der Waals surface area contributed by atoms with Gasteiger partial charge in [-0.15, -0.1) is 0 Å². The highest BCUT2D eigenvalue weighted by Crippen LogP contribution is 2.41. The maximum absolute atomic E-state index is 13.2. The number of amides is 2. The zero-order chi connectivity index (χ0) is 40.3. The zero-order valence-corrected chi connectivity index (χ0v) is 33.3. The van der Waals surface area contributed by atoms with Crippen molar-refractivity contribution in [3.8, 4) is 0 Å². The van der Waals surface area contributed by atoms with Crippen LogP contribution in [-0.4, -0.2) is 136 Å². The van der Waals surface area contributed by atoms with E-state index in [4.69, 9.17) is 24.5 Å². The van der Waals surface area contributed by atoms with Crippen molar-refractivity contribution in [3.63, 3.8) is 0 Å². The average Bonchev–Trinajstić information content (AvgIpc) is 3.82. The Bertz CT molecular complexity index is 2050. The third-order valence-corrected chi connectivity index (χ3v) is 11.0. The number of hydrogen-bond acceptors (Lipinski definition) is 15. The molecule has 4 saturated heterocycles. The predicted molar refractivity (Wildman–Crippen MR) is 227 cm³/mol. The monoisotopic (exact) mass is 809 g/mol. The number of carboxylic acid groups (broad SMARTS) is 1. The van der Waals surface area contributed by atoms with Crippen LogP contribution >= 0.6 is 0 Å². The smallest absolute Gasteiger partial charge is 0.356 e. The third-order valence-electron chi connectivity index (χ3n) is 11.0. The molecule has 59 heavy (non-hydrogen) atoms. The molecule has 18 nitrogen and oxygen atoms in total. The van der Waals surface area contributed by atoms with Gasteiger partial charge in [0.2, 0.25) is 0 Å². The molecule has 4 aromatic heterocycles. The van der Waals surface area contributed by atoms with Gasteiger partial charge in [-0.1, -0.05) is 7.43 Å². The molecule has 4 aromatic rings. The molecule has 10 heterocycles. The standard InChI is InChI=1S/C20H25N7O2.C15H22N4O.C5H4N2O2.CH4/c1-13-10-26(11-14(2)29-13)18-4-3-16-19(24-18)27(15-5-8-25(16)12-15)20(28)23-17-9-21-6-7-22-17;1-10-7-19(8-11(2)20-10)14-4-3-13-15(17-14)16-12-5-6-18(13)9-12;8-5(9)4-3-6-1-2-7-4;/h3-4,6-7,9,13-15H,5,8,10-12H2,1-2H3,(H,22,23,28);3-4,10-12H,5-9H2,1-2H3,(H,16,17);1-3H,(H,8,9);1H4/t13-,14+,15-;10-,11+,12-;;/m00../s1. The average molecular weight is 810 g/mol. The van der Waals surface area contributed by atoms with E-state index < -0.39 is 5.97 Å². The van der Waals surface area contributed by atoms with Crippen molar-refractivity contribution in [3.05, 3.63) is 67.1 Å². The minimum atomic E-state index is -1.05. The van der Waals surface area contributed by atoms with Crippen LogP contribution in [0.2, 0.25) is 0 Å². The lowest BCUT2D eigenvalue weighted by Crippen LogP contribution is -2.49. The summed E-state index contributed by atoms with van der Waals surface area (Å²) in [5, 5.41) is 14.7. The van der Waals surface area contributed by atoms with E-state index in [1.807, 2.05) is 0 Å². The number of aromatic carboxylic acids is 1. The highest BCUT2D eigenvalue weighted by molar-refractivity contribution is 6.04. The number of morpholine rings is 2. The van der Waals surface area contributed by atoms with Gasteiger partial charge in [-0.3, -0.25) is 20.2 Å². The van der Waals surface area contributed by atoms with Crippen molar-refractivity contribution in [1.82, 2.24) is 29.9 Å². The van der Waals surface area contributed by atoms with E-state index in [1.165, 1.54) is 30.7 Å². The number of nitrogens with one attached hydrogen (secondary N) is 2. The largest absolute Gasteiger partial charge is 0.476 e. The fourth-order valence-electron chi connectivity index (χ4n) is 8.58. The number of aromatic nitrogens is 6. The first-order valence-electron chi connectivity index (χ1n) is 20.0. The molecular formula is C41H55N13O5. The van der Waals surface area contributed by atoms with Crippen molar-refractivity contribution in [2.75, 3.05) is 87.5 Å². The molecule has 0 unspecified atom stereocenters. The number of carbonyl (C=O) groups is 2. The molecule has 6 atom stereocenters. The summed E-state index contributed by atoms with van der Waals surface area (Å²) in [5.74, 6) is 3.10. The summed E-state index contributed by atoms with van der Waals surface area (Å²) in [6.45, 7) is 15.9. The van der Waals surface area contributed by atoms with Crippen LogP contribution in [0, 0.1) is 0 Å². The maximum Gasteiger partial charge on any atom is 0.356 e. The molecule has 4 bridgehead atoms. The molecule has 0 saturated carbocycles. The number of anilines is 7. The molecule has 0 aliphatic carbocycles. The number of urea groups is 1. The Kier molecular flexibility index (Phi) is 12.6. The first kappa shape index (κ1) is 41.3. The Morgan fingerprint density at radius 2 is 1.31 bits per heavy atom. The zero-order valence-electron chi connectivity index (χ0n) is 33.3. The molecule has 4 fully saturated rings. The number of carboxylic acids is 1. The lowest BCUT2D eigenvalue weighted by molar-refractivity contribution is -0.00571. The molecule has 10 rings (SSSR count). The molecular weight excluding hydrogens is 755 g/mol. The van der Waals surface area contributed by atoms with Crippen LogP contribution in [0.15, 0.2) is 61.4 Å². The summed E-state index contributed by atoms with van der Waals surface area (Å²) in [5.41, 5.74) is 2.24. The lowest BCUT2D eigenvalue weighted by Gasteiger charge is -2.39. The Morgan fingerprint density at radius 3 is 1.90 bits per heavy atom. The number of carbonyl (C=O) groups excluding carboxylic acids is 1. The summed E-state index contributed by atoms with van der Waals surface area (Å²) in [7, 11) is 0. The second kappa shape index (κ2) is 17.9. The Hall–Kier alpha value is -5.88. The molecule has 0 aromatic carbocycles. The summed E-state index contributed by atoms with van der Waals surface area (Å²) in [6, 6.07) is 8.98. The minimum Gasteiger partial charge on any atom is -0.476 e. The number of nitrogens with zero attached hydrogens (tertiary/aromatic N) is 11. The van der Waals surface area contributed by atoms with Gasteiger partial charge in [0.05, 0.1) is 54.2 Å². The SMILES string of the molecule is C.C[C@@H]1CN(c2ccc3c(n2)N(C(=O)Nc2cnccn2)[C@H]2CCN3C2)C[C@H](C)O1.C[C@@H]1CN(c2ccc3c(n2)N[C@H]2CCN3C2)C[C@H](C)O1.O=C(O)c1cnccn1. The van der Waals surface area contributed by atoms with Crippen molar-refractivity contribution in [1.29, 1.82) is 0 Å². The van der Waals surface area contributed by atoms with Crippen molar-refractivity contribution in [2.45, 2.75) is 84.5 Å². The van der Waals surface area contributed by atoms with Crippen LogP contribution in [0.4, 0.5) is 45.3 Å². The minimum absolute atomic E-state index is 0. The quantitative estimate of drug-likeness (QED) is 0.259. The van der Waals surface area contributed by atoms with Crippen molar-refractivity contribution >= 4 is 52.5 Å². The van der Waals surface area contributed by atoms with E-state index in [-0.39, 0.29) is 49.6 Å². The number of ether oxygens (including phenoxy) is 2. The van der Waals surface area contributed by atoms with Crippen LogP contribution in [0.3, 0.4) is 0 Å². The molecule has 18 heteroatoms. The topological polar surface area (TPSA) is 190 Å². The molecule has 6 aliphatic rings. The van der Waals surface area contributed by atoms with Crippen molar-refractivity contribution < 1.29 is 24.2 Å². The summed E-state index contributed by atoms with van der Waals surface area (Å²) < 4.78 is 11.7. The van der Waals surface area contributed by atoms with Gasteiger partial charge >= 0.3 is 12.0 Å². The van der Waals surface area contributed by atoms with E-state index in [9.17, 15) is 9.59 Å². The van der Waals surface area contributed by atoms with Gasteiger partial charge in [0.1, 0.15) is 11.6 Å². The Morgan fingerprint density at radius 1 is 0.712 bits per heavy atom. The van der Waals surface area contributed by atoms with Crippen LogP contribution < -0.4 is 35.1 Å². The second-order valence-corrected chi connectivity index (χ2v) is 15.6. The van der Waals surface area contributed by atoms with E-state index in [2.05, 4.69) is 102 Å². The molecule has 0 spiro atoms. The summed E-state index contributed by atoms with van der Waals surface area (Å²) in [4.78, 5) is 59.5. The van der Waals surface area contributed by atoms with Gasteiger partial charge in [-0.2, -0.15) is 0 Å². The molecule has 2 amide bonds. The first-order valence-corrected chi connectivity index (χ1v) is 20.0. The van der Waals surface area contributed by atoms with Gasteiger partial charge in [0.15, 0.2) is 23.1 Å². The van der Waals surface area contributed by atoms with Gasteiger partial charge < -0.3 is 39.5 Å². The lowest BCUT2D eigenvalue weighted by atomic mass is 10.1. The highest BCUT2D eigenvalue weighted by Gasteiger charge is 2.41. The van der Waals surface area contributed by atoms with Crippen LogP contribution in [0.25, 0.3) is 0 Å². The molecule has 314 valence electrons. The number of pyridine rings is 2. The molecule has 0 radical (unpaired) electrons. The predicted octanol–water partition coefficient (Wildman–Crippen LogP) is 4.63. The Labute approximate surface area is 345 Å². The second-order valence-electron chi connectivity index (χ2n) is 15.6. The van der Waals surface area contributed by atoms with Crippen LogP contribution in [0.1, 0.15) is 58.5 Å². The number of fused-ring (bicyclic) bond motifs is 8. The van der Waals surface area contributed by atoms with E-state index in [1.54, 1.807) is 23.5 Å². The summed E-state index contributed by atoms with van der Waals surface area (Å²) >= 11 is 0. The first-order chi connectivity index (χ1) is 28.1. The van der Waals surface area contributed by atoms with Gasteiger partial charge in [-0.25, -0.2) is 29.5 Å². The highest BCUT2D eigenvalue weighted by atomic mass is 16.5. The van der Waals surface area contributed by atoms with Gasteiger partial charge in [0, 0.05) is 83.2 Å².